The highest BCUT2D eigenvalue weighted by atomic mass is 15.0. The number of nitrogens with zero attached hydrogens (tertiary/aromatic N) is 4. The Hall–Kier alpha value is -2.69. The first-order valence-corrected chi connectivity index (χ1v) is 6.78. The van der Waals surface area contributed by atoms with Crippen LogP contribution in [0.3, 0.4) is 0 Å². The first kappa shape index (κ1) is 13.3. The third-order valence-electron chi connectivity index (χ3n) is 3.34. The van der Waals surface area contributed by atoms with E-state index in [2.05, 4.69) is 27.4 Å². The van der Waals surface area contributed by atoms with Crippen molar-refractivity contribution in [3.63, 3.8) is 0 Å². The SMILES string of the molecule is CC(=Nc1c(C)ccc2c1ncn2C)Nc1cccnc1. The average molecular weight is 279 g/mol. The molecule has 0 unspecified atom stereocenters. The third kappa shape index (κ3) is 2.63. The molecule has 0 bridgehead atoms. The molecule has 0 atom stereocenters. The first-order chi connectivity index (χ1) is 10.1. The van der Waals surface area contributed by atoms with Crippen LogP contribution < -0.4 is 5.32 Å². The topological polar surface area (TPSA) is 55.1 Å². The fourth-order valence-corrected chi connectivity index (χ4v) is 2.27. The fraction of sp³-hybridized carbons (Fsp3) is 0.188. The average Bonchev–Trinajstić information content (AvgIpc) is 2.85. The van der Waals surface area contributed by atoms with Gasteiger partial charge in [-0.3, -0.25) is 4.98 Å². The van der Waals surface area contributed by atoms with E-state index in [1.807, 2.05) is 43.9 Å². The second-order valence-electron chi connectivity index (χ2n) is 5.02. The van der Waals surface area contributed by atoms with Crippen molar-refractivity contribution in [3.05, 3.63) is 48.5 Å². The quantitative estimate of drug-likeness (QED) is 0.577. The van der Waals surface area contributed by atoms with Crippen molar-refractivity contribution < 1.29 is 0 Å². The van der Waals surface area contributed by atoms with E-state index in [4.69, 9.17) is 4.99 Å². The molecule has 2 aromatic heterocycles. The van der Waals surface area contributed by atoms with E-state index < -0.39 is 0 Å². The maximum absolute atomic E-state index is 4.70. The molecule has 1 N–H and O–H groups in total. The number of anilines is 1. The fourth-order valence-electron chi connectivity index (χ4n) is 2.27. The smallest absolute Gasteiger partial charge is 0.114 e. The molecule has 0 amide bonds. The predicted molar refractivity (Wildman–Crippen MR) is 86.1 cm³/mol. The van der Waals surface area contributed by atoms with Gasteiger partial charge in [0.1, 0.15) is 11.4 Å². The van der Waals surface area contributed by atoms with Gasteiger partial charge in [0.2, 0.25) is 0 Å². The van der Waals surface area contributed by atoms with Gasteiger partial charge in [0.15, 0.2) is 0 Å². The van der Waals surface area contributed by atoms with E-state index in [0.29, 0.717) is 0 Å². The van der Waals surface area contributed by atoms with Crippen LogP contribution in [-0.4, -0.2) is 20.4 Å². The number of aryl methyl sites for hydroxylation is 2. The number of nitrogens with one attached hydrogen (secondary N) is 1. The molecular weight excluding hydrogens is 262 g/mol. The van der Waals surface area contributed by atoms with Crippen LogP contribution in [0.2, 0.25) is 0 Å². The highest BCUT2D eigenvalue weighted by molar-refractivity contribution is 5.98. The van der Waals surface area contributed by atoms with Gasteiger partial charge in [-0.25, -0.2) is 9.98 Å². The van der Waals surface area contributed by atoms with Crippen LogP contribution in [0.4, 0.5) is 11.4 Å². The minimum absolute atomic E-state index is 0.809. The molecule has 3 rings (SSSR count). The van der Waals surface area contributed by atoms with E-state index >= 15 is 0 Å². The molecule has 106 valence electrons. The molecule has 3 aromatic rings. The zero-order chi connectivity index (χ0) is 14.8. The highest BCUT2D eigenvalue weighted by Crippen LogP contribution is 2.28. The van der Waals surface area contributed by atoms with Gasteiger partial charge in [0, 0.05) is 13.2 Å². The van der Waals surface area contributed by atoms with Gasteiger partial charge < -0.3 is 9.88 Å². The van der Waals surface area contributed by atoms with Gasteiger partial charge in [0.05, 0.1) is 29.4 Å². The number of amidine groups is 1. The molecular formula is C16H17N5. The minimum atomic E-state index is 0.809. The predicted octanol–water partition coefficient (Wildman–Crippen LogP) is 3.44. The maximum atomic E-state index is 4.70. The molecule has 1 aromatic carbocycles. The Balaban J connectivity index is 2.00. The lowest BCUT2D eigenvalue weighted by molar-refractivity contribution is 0.947. The molecule has 0 spiro atoms. The Kier molecular flexibility index (Phi) is 3.39. The molecule has 0 saturated carbocycles. The molecule has 2 heterocycles. The summed E-state index contributed by atoms with van der Waals surface area (Å²) in [5.74, 6) is 0.809. The van der Waals surface area contributed by atoms with Crippen LogP contribution in [-0.2, 0) is 7.05 Å². The van der Waals surface area contributed by atoms with Crippen LogP contribution in [0, 0.1) is 6.92 Å². The zero-order valence-corrected chi connectivity index (χ0v) is 12.3. The van der Waals surface area contributed by atoms with E-state index in [1.54, 1.807) is 12.4 Å². The second-order valence-corrected chi connectivity index (χ2v) is 5.02. The second kappa shape index (κ2) is 5.36. The van der Waals surface area contributed by atoms with Crippen molar-refractivity contribution in [1.82, 2.24) is 14.5 Å². The summed E-state index contributed by atoms with van der Waals surface area (Å²) in [6.45, 7) is 3.98. The molecule has 21 heavy (non-hydrogen) atoms. The standard InChI is InChI=1S/C16H17N5/c1-11-6-7-14-16(18-10-21(14)3)15(11)20-12(2)19-13-5-4-8-17-9-13/h4-10H,1-3H3,(H,19,20). The number of aliphatic imine (C=N–C) groups is 1. The normalized spacial score (nSPS) is 11.9. The molecule has 0 aliphatic carbocycles. The van der Waals surface area contributed by atoms with Gasteiger partial charge in [-0.2, -0.15) is 0 Å². The lowest BCUT2D eigenvalue weighted by atomic mass is 10.1. The summed E-state index contributed by atoms with van der Waals surface area (Å²) in [4.78, 5) is 13.2. The molecule has 5 nitrogen and oxygen atoms in total. The number of imidazole rings is 1. The highest BCUT2D eigenvalue weighted by Gasteiger charge is 2.08. The van der Waals surface area contributed by atoms with Crippen molar-refractivity contribution >= 4 is 28.2 Å². The van der Waals surface area contributed by atoms with Gasteiger partial charge in [-0.15, -0.1) is 0 Å². The Morgan fingerprint density at radius 1 is 1.29 bits per heavy atom. The summed E-state index contributed by atoms with van der Waals surface area (Å²) in [5, 5.41) is 3.24. The van der Waals surface area contributed by atoms with Crippen LogP contribution in [0.25, 0.3) is 11.0 Å². The van der Waals surface area contributed by atoms with Crippen molar-refractivity contribution in [3.8, 4) is 0 Å². The molecule has 0 aliphatic rings. The lowest BCUT2D eigenvalue weighted by Crippen LogP contribution is -2.06. The number of benzene rings is 1. The number of pyridine rings is 1. The molecule has 0 saturated heterocycles. The lowest BCUT2D eigenvalue weighted by Gasteiger charge is -2.07. The van der Waals surface area contributed by atoms with Crippen molar-refractivity contribution in [2.75, 3.05) is 5.32 Å². The van der Waals surface area contributed by atoms with Crippen LogP contribution in [0.5, 0.6) is 0 Å². The summed E-state index contributed by atoms with van der Waals surface area (Å²) in [6, 6.07) is 7.99. The Labute approximate surface area is 123 Å². The van der Waals surface area contributed by atoms with E-state index in [1.165, 1.54) is 0 Å². The zero-order valence-electron chi connectivity index (χ0n) is 12.3. The van der Waals surface area contributed by atoms with Gasteiger partial charge in [-0.1, -0.05) is 6.07 Å². The molecule has 0 fully saturated rings. The number of hydrogen-bond acceptors (Lipinski definition) is 3. The number of fused-ring (bicyclic) bond motifs is 1. The van der Waals surface area contributed by atoms with E-state index in [0.717, 1.165) is 33.8 Å². The number of aromatic nitrogens is 3. The Morgan fingerprint density at radius 3 is 2.90 bits per heavy atom. The Morgan fingerprint density at radius 2 is 2.14 bits per heavy atom. The monoisotopic (exact) mass is 279 g/mol. The summed E-state index contributed by atoms with van der Waals surface area (Å²) in [5.41, 5.74) is 4.93. The summed E-state index contributed by atoms with van der Waals surface area (Å²) < 4.78 is 2.00. The third-order valence-corrected chi connectivity index (χ3v) is 3.34. The Bertz CT molecular complexity index is 802. The largest absolute Gasteiger partial charge is 0.343 e. The van der Waals surface area contributed by atoms with Gasteiger partial charge in [0.25, 0.3) is 0 Å². The van der Waals surface area contributed by atoms with E-state index in [-0.39, 0.29) is 0 Å². The van der Waals surface area contributed by atoms with Gasteiger partial charge >= 0.3 is 0 Å². The molecule has 0 aliphatic heterocycles. The van der Waals surface area contributed by atoms with Crippen molar-refractivity contribution in [2.45, 2.75) is 13.8 Å². The van der Waals surface area contributed by atoms with Gasteiger partial charge in [-0.05, 0) is 37.6 Å². The summed E-state index contributed by atoms with van der Waals surface area (Å²) in [7, 11) is 1.99. The maximum Gasteiger partial charge on any atom is 0.114 e. The number of rotatable bonds is 2. The first-order valence-electron chi connectivity index (χ1n) is 6.78. The van der Waals surface area contributed by atoms with Crippen LogP contribution >= 0.6 is 0 Å². The van der Waals surface area contributed by atoms with E-state index in [9.17, 15) is 0 Å². The minimum Gasteiger partial charge on any atom is -0.343 e. The number of hydrogen-bond donors (Lipinski definition) is 1. The van der Waals surface area contributed by atoms with Crippen LogP contribution in [0.15, 0.2) is 48.0 Å². The van der Waals surface area contributed by atoms with Crippen molar-refractivity contribution in [1.29, 1.82) is 0 Å². The molecule has 5 heteroatoms. The van der Waals surface area contributed by atoms with Crippen molar-refractivity contribution in [2.24, 2.45) is 12.0 Å². The summed E-state index contributed by atoms with van der Waals surface area (Å²) in [6.07, 6.45) is 5.33. The molecule has 0 radical (unpaired) electrons. The van der Waals surface area contributed by atoms with Crippen LogP contribution in [0.1, 0.15) is 12.5 Å². The summed E-state index contributed by atoms with van der Waals surface area (Å²) >= 11 is 0.